The number of fused-ring (bicyclic) bond motifs is 1. The van der Waals surface area contributed by atoms with E-state index in [2.05, 4.69) is 61.1 Å². The number of rotatable bonds is 3. The highest BCUT2D eigenvalue weighted by Gasteiger charge is 2.42. The first-order chi connectivity index (χ1) is 10.5. The van der Waals surface area contributed by atoms with Gasteiger partial charge in [-0.25, -0.2) is 0 Å². The lowest BCUT2D eigenvalue weighted by molar-refractivity contribution is -0.401. The quantitative estimate of drug-likeness (QED) is 0.791. The first kappa shape index (κ1) is 14.9. The van der Waals surface area contributed by atoms with Crippen molar-refractivity contribution < 1.29 is 4.58 Å². The SMILES string of the molecule is C[N+]1=C(/C=C/Nc2ccc(Cl)cc2)C(C)(C)c2ccccc21. The van der Waals surface area contributed by atoms with Gasteiger partial charge in [-0.3, -0.25) is 0 Å². The van der Waals surface area contributed by atoms with Crippen LogP contribution in [0.2, 0.25) is 5.02 Å². The Labute approximate surface area is 136 Å². The van der Waals surface area contributed by atoms with E-state index >= 15 is 0 Å². The normalized spacial score (nSPS) is 16.2. The number of para-hydroxylation sites is 1. The molecule has 3 rings (SSSR count). The fourth-order valence-electron chi connectivity index (χ4n) is 3.06. The minimum absolute atomic E-state index is 0.00349. The highest BCUT2D eigenvalue weighted by Crippen LogP contribution is 2.38. The second-order valence-electron chi connectivity index (χ2n) is 6.07. The average Bonchev–Trinajstić information content (AvgIpc) is 2.70. The minimum Gasteiger partial charge on any atom is -0.361 e. The molecule has 0 unspecified atom stereocenters. The van der Waals surface area contributed by atoms with Gasteiger partial charge in [-0.05, 0) is 38.1 Å². The summed E-state index contributed by atoms with van der Waals surface area (Å²) in [5.74, 6) is 0. The fourth-order valence-corrected chi connectivity index (χ4v) is 3.19. The standard InChI is InChI=1S/C19H19ClN2/c1-19(2)16-6-4-5-7-17(16)22(3)18(19)12-13-21-15-10-8-14(20)9-11-15/h4-13H,1-3H3/p+1. The number of nitrogens with one attached hydrogen (secondary N) is 1. The number of allylic oxidation sites excluding steroid dienone is 1. The predicted molar refractivity (Wildman–Crippen MR) is 94.5 cm³/mol. The van der Waals surface area contributed by atoms with Crippen LogP contribution in [-0.4, -0.2) is 17.3 Å². The van der Waals surface area contributed by atoms with Gasteiger partial charge in [0, 0.05) is 34.6 Å². The van der Waals surface area contributed by atoms with Gasteiger partial charge in [0.05, 0.1) is 5.41 Å². The molecule has 0 fully saturated rings. The van der Waals surface area contributed by atoms with Crippen molar-refractivity contribution in [1.82, 2.24) is 0 Å². The summed E-state index contributed by atoms with van der Waals surface area (Å²) < 4.78 is 2.26. The summed E-state index contributed by atoms with van der Waals surface area (Å²) in [4.78, 5) is 0. The van der Waals surface area contributed by atoms with Gasteiger partial charge in [0.2, 0.25) is 5.69 Å². The van der Waals surface area contributed by atoms with Crippen LogP contribution in [0.5, 0.6) is 0 Å². The van der Waals surface area contributed by atoms with E-state index < -0.39 is 0 Å². The third-order valence-corrected chi connectivity index (χ3v) is 4.53. The lowest BCUT2D eigenvalue weighted by atomic mass is 9.81. The lowest BCUT2D eigenvalue weighted by Crippen LogP contribution is -2.26. The van der Waals surface area contributed by atoms with Crippen LogP contribution in [0.1, 0.15) is 19.4 Å². The molecule has 0 spiro atoms. The van der Waals surface area contributed by atoms with Crippen LogP contribution in [0.25, 0.3) is 0 Å². The summed E-state index contributed by atoms with van der Waals surface area (Å²) in [5.41, 5.74) is 4.94. The first-order valence-electron chi connectivity index (χ1n) is 7.39. The van der Waals surface area contributed by atoms with Crippen molar-refractivity contribution in [2.75, 3.05) is 12.4 Å². The van der Waals surface area contributed by atoms with Crippen LogP contribution in [0, 0.1) is 0 Å². The molecule has 0 saturated carbocycles. The fraction of sp³-hybridized carbons (Fsp3) is 0.211. The molecule has 0 atom stereocenters. The zero-order valence-corrected chi connectivity index (χ0v) is 13.9. The van der Waals surface area contributed by atoms with Crippen molar-refractivity contribution in [1.29, 1.82) is 0 Å². The third-order valence-electron chi connectivity index (χ3n) is 4.28. The summed E-state index contributed by atoms with van der Waals surface area (Å²) in [6.45, 7) is 4.52. The van der Waals surface area contributed by atoms with Crippen LogP contribution >= 0.6 is 11.6 Å². The number of hydrogen-bond acceptors (Lipinski definition) is 1. The molecule has 112 valence electrons. The molecule has 0 radical (unpaired) electrons. The van der Waals surface area contributed by atoms with Gasteiger partial charge in [-0.15, -0.1) is 0 Å². The molecule has 0 aliphatic carbocycles. The summed E-state index contributed by atoms with van der Waals surface area (Å²) in [6, 6.07) is 16.3. The predicted octanol–water partition coefficient (Wildman–Crippen LogP) is 4.97. The van der Waals surface area contributed by atoms with Crippen molar-refractivity contribution >= 4 is 28.7 Å². The van der Waals surface area contributed by atoms with Crippen LogP contribution < -0.4 is 5.32 Å². The second kappa shape index (κ2) is 5.62. The summed E-state index contributed by atoms with van der Waals surface area (Å²) in [6.07, 6.45) is 4.14. The molecule has 1 heterocycles. The van der Waals surface area contributed by atoms with Gasteiger partial charge < -0.3 is 5.32 Å². The zero-order chi connectivity index (χ0) is 15.7. The highest BCUT2D eigenvalue weighted by molar-refractivity contribution is 6.30. The van der Waals surface area contributed by atoms with Crippen LogP contribution in [0.3, 0.4) is 0 Å². The van der Waals surface area contributed by atoms with E-state index in [9.17, 15) is 0 Å². The topological polar surface area (TPSA) is 15.0 Å². The summed E-state index contributed by atoms with van der Waals surface area (Å²) in [5, 5.41) is 4.04. The highest BCUT2D eigenvalue weighted by atomic mass is 35.5. The Hall–Kier alpha value is -2.06. The van der Waals surface area contributed by atoms with Gasteiger partial charge in [0.25, 0.3) is 0 Å². The van der Waals surface area contributed by atoms with E-state index in [0.717, 1.165) is 10.7 Å². The van der Waals surface area contributed by atoms with Gasteiger partial charge in [-0.2, -0.15) is 4.58 Å². The maximum absolute atomic E-state index is 5.90. The summed E-state index contributed by atoms with van der Waals surface area (Å²) >= 11 is 5.90. The average molecular weight is 312 g/mol. The van der Waals surface area contributed by atoms with E-state index in [1.54, 1.807) is 0 Å². The molecule has 2 nitrogen and oxygen atoms in total. The molecule has 2 aromatic carbocycles. The van der Waals surface area contributed by atoms with E-state index in [-0.39, 0.29) is 5.41 Å². The molecule has 1 N–H and O–H groups in total. The summed E-state index contributed by atoms with van der Waals surface area (Å²) in [7, 11) is 2.12. The molecular formula is C19H20ClN2+. The largest absolute Gasteiger partial charge is 0.361 e. The first-order valence-corrected chi connectivity index (χ1v) is 7.77. The minimum atomic E-state index is 0.00349. The number of hydrogen-bond donors (Lipinski definition) is 1. The second-order valence-corrected chi connectivity index (χ2v) is 6.51. The Morgan fingerprint density at radius 1 is 1.05 bits per heavy atom. The zero-order valence-electron chi connectivity index (χ0n) is 13.1. The Morgan fingerprint density at radius 2 is 1.73 bits per heavy atom. The molecule has 0 bridgehead atoms. The van der Waals surface area contributed by atoms with Crippen LogP contribution in [0.15, 0.2) is 60.8 Å². The Kier molecular flexibility index (Phi) is 3.79. The number of anilines is 1. The van der Waals surface area contributed by atoms with E-state index in [1.807, 2.05) is 30.5 Å². The molecule has 2 aromatic rings. The van der Waals surface area contributed by atoms with Crippen molar-refractivity contribution in [3.63, 3.8) is 0 Å². The Bertz CT molecular complexity index is 755. The third kappa shape index (κ3) is 2.55. The molecule has 1 aliphatic rings. The number of nitrogens with zero attached hydrogens (tertiary/aromatic N) is 1. The number of halogens is 1. The van der Waals surface area contributed by atoms with Gasteiger partial charge in [-0.1, -0.05) is 29.8 Å². The molecule has 22 heavy (non-hydrogen) atoms. The van der Waals surface area contributed by atoms with E-state index in [1.165, 1.54) is 17.0 Å². The smallest absolute Gasteiger partial charge is 0.209 e. The van der Waals surface area contributed by atoms with Crippen LogP contribution in [-0.2, 0) is 5.41 Å². The Balaban J connectivity index is 1.85. The van der Waals surface area contributed by atoms with Crippen molar-refractivity contribution in [3.05, 3.63) is 71.4 Å². The van der Waals surface area contributed by atoms with Gasteiger partial charge in [0.15, 0.2) is 5.71 Å². The van der Waals surface area contributed by atoms with Crippen molar-refractivity contribution in [2.24, 2.45) is 0 Å². The van der Waals surface area contributed by atoms with E-state index in [4.69, 9.17) is 11.6 Å². The van der Waals surface area contributed by atoms with Crippen molar-refractivity contribution in [2.45, 2.75) is 19.3 Å². The maximum atomic E-state index is 5.90. The molecule has 0 amide bonds. The monoisotopic (exact) mass is 311 g/mol. The molecule has 3 heteroatoms. The molecule has 1 aliphatic heterocycles. The van der Waals surface area contributed by atoms with Gasteiger partial charge >= 0.3 is 0 Å². The van der Waals surface area contributed by atoms with Crippen molar-refractivity contribution in [3.8, 4) is 0 Å². The number of benzene rings is 2. The molecular weight excluding hydrogens is 292 g/mol. The lowest BCUT2D eigenvalue weighted by Gasteiger charge is -2.15. The van der Waals surface area contributed by atoms with Gasteiger partial charge in [0.1, 0.15) is 7.05 Å². The molecule has 0 saturated heterocycles. The molecule has 0 aromatic heterocycles. The van der Waals surface area contributed by atoms with E-state index in [0.29, 0.717) is 0 Å². The van der Waals surface area contributed by atoms with Crippen LogP contribution in [0.4, 0.5) is 11.4 Å². The maximum Gasteiger partial charge on any atom is 0.209 e. The Morgan fingerprint density at radius 3 is 2.41 bits per heavy atom.